The highest BCUT2D eigenvalue weighted by atomic mass is 35.5. The molecule has 0 saturated carbocycles. The van der Waals surface area contributed by atoms with Crippen LogP contribution in [0.1, 0.15) is 18.1 Å². The molecule has 2 aromatic carbocycles. The van der Waals surface area contributed by atoms with Gasteiger partial charge >= 0.3 is 0 Å². The van der Waals surface area contributed by atoms with Crippen LogP contribution in [-0.2, 0) is 9.59 Å². The SMILES string of the molecule is Cc1cccc(NC(=O)C2(C)Oc3ccc(Cl)cc3NC2=O)c1C. The molecule has 0 saturated heterocycles. The number of rotatable bonds is 2. The normalized spacial score (nSPS) is 19.1. The van der Waals surface area contributed by atoms with E-state index in [1.807, 2.05) is 26.0 Å². The molecule has 124 valence electrons. The van der Waals surface area contributed by atoms with Crippen LogP contribution in [0.4, 0.5) is 11.4 Å². The molecule has 1 atom stereocenters. The summed E-state index contributed by atoms with van der Waals surface area (Å²) in [6.45, 7) is 5.31. The van der Waals surface area contributed by atoms with Gasteiger partial charge < -0.3 is 15.4 Å². The van der Waals surface area contributed by atoms with Crippen molar-refractivity contribution in [1.82, 2.24) is 0 Å². The van der Waals surface area contributed by atoms with Crippen LogP contribution in [-0.4, -0.2) is 17.4 Å². The molecule has 2 aromatic rings. The van der Waals surface area contributed by atoms with E-state index in [0.717, 1.165) is 11.1 Å². The first-order valence-electron chi connectivity index (χ1n) is 7.49. The van der Waals surface area contributed by atoms with Gasteiger partial charge in [0.2, 0.25) is 0 Å². The first-order valence-corrected chi connectivity index (χ1v) is 7.87. The largest absolute Gasteiger partial charge is 0.466 e. The quantitative estimate of drug-likeness (QED) is 0.816. The van der Waals surface area contributed by atoms with Crippen molar-refractivity contribution in [1.29, 1.82) is 0 Å². The Morgan fingerprint density at radius 2 is 2.00 bits per heavy atom. The van der Waals surface area contributed by atoms with Crippen LogP contribution in [0.2, 0.25) is 5.02 Å². The third-order valence-corrected chi connectivity index (χ3v) is 4.46. The van der Waals surface area contributed by atoms with Gasteiger partial charge in [0.1, 0.15) is 5.75 Å². The number of fused-ring (bicyclic) bond motifs is 1. The number of hydrogen-bond acceptors (Lipinski definition) is 3. The van der Waals surface area contributed by atoms with Crippen LogP contribution in [0, 0.1) is 13.8 Å². The van der Waals surface area contributed by atoms with Crippen molar-refractivity contribution in [2.45, 2.75) is 26.4 Å². The van der Waals surface area contributed by atoms with Crippen molar-refractivity contribution < 1.29 is 14.3 Å². The molecule has 0 fully saturated rings. The fourth-order valence-corrected chi connectivity index (χ4v) is 2.65. The Morgan fingerprint density at radius 3 is 2.75 bits per heavy atom. The molecule has 2 amide bonds. The summed E-state index contributed by atoms with van der Waals surface area (Å²) in [6, 6.07) is 10.4. The second-order valence-electron chi connectivity index (χ2n) is 5.93. The molecule has 0 bridgehead atoms. The molecule has 6 heteroatoms. The van der Waals surface area contributed by atoms with E-state index in [4.69, 9.17) is 16.3 Å². The van der Waals surface area contributed by atoms with E-state index in [2.05, 4.69) is 10.6 Å². The van der Waals surface area contributed by atoms with Gasteiger partial charge in [0.15, 0.2) is 0 Å². The topological polar surface area (TPSA) is 67.4 Å². The molecular formula is C18H17ClN2O3. The average Bonchev–Trinajstić information content (AvgIpc) is 2.53. The maximum Gasteiger partial charge on any atom is 0.278 e. The van der Waals surface area contributed by atoms with E-state index in [9.17, 15) is 9.59 Å². The van der Waals surface area contributed by atoms with E-state index in [-0.39, 0.29) is 0 Å². The molecule has 5 nitrogen and oxygen atoms in total. The molecule has 3 rings (SSSR count). The Bertz CT molecular complexity index is 850. The van der Waals surface area contributed by atoms with Crippen LogP contribution in [0.15, 0.2) is 36.4 Å². The molecule has 1 aliphatic heterocycles. The minimum atomic E-state index is -1.67. The number of amides is 2. The van der Waals surface area contributed by atoms with Crippen molar-refractivity contribution in [3.8, 4) is 5.75 Å². The maximum absolute atomic E-state index is 12.7. The average molecular weight is 345 g/mol. The van der Waals surface area contributed by atoms with Crippen LogP contribution in [0.5, 0.6) is 5.75 Å². The van der Waals surface area contributed by atoms with Crippen molar-refractivity contribution in [3.63, 3.8) is 0 Å². The zero-order chi connectivity index (χ0) is 17.5. The minimum Gasteiger partial charge on any atom is -0.466 e. The number of carbonyl (C=O) groups excluding carboxylic acids is 2. The number of hydrogen-bond donors (Lipinski definition) is 2. The zero-order valence-electron chi connectivity index (χ0n) is 13.6. The fraction of sp³-hybridized carbons (Fsp3) is 0.222. The molecule has 1 aliphatic rings. The number of benzene rings is 2. The van der Waals surface area contributed by atoms with E-state index >= 15 is 0 Å². The summed E-state index contributed by atoms with van der Waals surface area (Å²) in [5.41, 5.74) is 1.42. The zero-order valence-corrected chi connectivity index (χ0v) is 14.3. The Hall–Kier alpha value is -2.53. The van der Waals surface area contributed by atoms with Gasteiger partial charge in [-0.15, -0.1) is 0 Å². The van der Waals surface area contributed by atoms with Crippen LogP contribution in [0.25, 0.3) is 0 Å². The van der Waals surface area contributed by atoms with Crippen molar-refractivity contribution >= 4 is 34.8 Å². The van der Waals surface area contributed by atoms with Gasteiger partial charge in [0.25, 0.3) is 17.4 Å². The highest BCUT2D eigenvalue weighted by molar-refractivity contribution is 6.31. The first kappa shape index (κ1) is 16.3. The van der Waals surface area contributed by atoms with Gasteiger partial charge in [-0.25, -0.2) is 0 Å². The second-order valence-corrected chi connectivity index (χ2v) is 6.37. The Kier molecular flexibility index (Phi) is 3.97. The summed E-state index contributed by atoms with van der Waals surface area (Å²) in [6.07, 6.45) is 0. The smallest absolute Gasteiger partial charge is 0.278 e. The molecule has 0 aromatic heterocycles. The lowest BCUT2D eigenvalue weighted by Crippen LogP contribution is -2.56. The summed E-state index contributed by atoms with van der Waals surface area (Å²) in [5, 5.41) is 5.93. The van der Waals surface area contributed by atoms with Crippen LogP contribution in [0.3, 0.4) is 0 Å². The number of aryl methyl sites for hydroxylation is 1. The molecule has 1 heterocycles. The summed E-state index contributed by atoms with van der Waals surface area (Å²) in [7, 11) is 0. The van der Waals surface area contributed by atoms with Crippen molar-refractivity contribution in [2.75, 3.05) is 10.6 Å². The molecule has 1 unspecified atom stereocenters. The molecule has 2 N–H and O–H groups in total. The maximum atomic E-state index is 12.7. The summed E-state index contributed by atoms with van der Waals surface area (Å²) >= 11 is 5.91. The molecule has 0 radical (unpaired) electrons. The Morgan fingerprint density at radius 1 is 1.25 bits per heavy atom. The summed E-state index contributed by atoms with van der Waals surface area (Å²) in [5.74, 6) is -0.674. The third kappa shape index (κ3) is 2.71. The lowest BCUT2D eigenvalue weighted by atomic mass is 10.0. The summed E-state index contributed by atoms with van der Waals surface area (Å²) in [4.78, 5) is 25.2. The molecule has 0 aliphatic carbocycles. The first-order chi connectivity index (χ1) is 11.3. The van der Waals surface area contributed by atoms with Gasteiger partial charge in [0.05, 0.1) is 5.69 Å². The van der Waals surface area contributed by atoms with E-state index < -0.39 is 17.4 Å². The summed E-state index contributed by atoms with van der Waals surface area (Å²) < 4.78 is 5.71. The number of halogens is 1. The Labute approximate surface area is 145 Å². The van der Waals surface area contributed by atoms with Gasteiger partial charge in [-0.3, -0.25) is 9.59 Å². The molecule has 0 spiro atoms. The van der Waals surface area contributed by atoms with E-state index in [0.29, 0.717) is 22.1 Å². The Balaban J connectivity index is 1.90. The van der Waals surface area contributed by atoms with Crippen LogP contribution < -0.4 is 15.4 Å². The van der Waals surface area contributed by atoms with Crippen molar-refractivity contribution in [2.24, 2.45) is 0 Å². The number of anilines is 2. The lowest BCUT2D eigenvalue weighted by Gasteiger charge is -2.33. The highest BCUT2D eigenvalue weighted by Gasteiger charge is 2.47. The molecular weight excluding hydrogens is 328 g/mol. The third-order valence-electron chi connectivity index (χ3n) is 4.22. The van der Waals surface area contributed by atoms with Crippen LogP contribution >= 0.6 is 11.6 Å². The standard InChI is InChI=1S/C18H17ClN2O3/c1-10-5-4-6-13(11(10)2)20-16(22)18(3)17(23)21-14-9-12(19)7-8-15(14)24-18/h4-9H,1-3H3,(H,20,22)(H,21,23). The van der Waals surface area contributed by atoms with Gasteiger partial charge in [0, 0.05) is 10.7 Å². The number of carbonyl (C=O) groups is 2. The predicted molar refractivity (Wildman–Crippen MR) is 93.7 cm³/mol. The monoisotopic (exact) mass is 344 g/mol. The van der Waals surface area contributed by atoms with E-state index in [1.54, 1.807) is 24.3 Å². The highest BCUT2D eigenvalue weighted by Crippen LogP contribution is 2.36. The van der Waals surface area contributed by atoms with Gasteiger partial charge in [-0.1, -0.05) is 23.7 Å². The van der Waals surface area contributed by atoms with E-state index in [1.165, 1.54) is 6.92 Å². The number of nitrogens with one attached hydrogen (secondary N) is 2. The second kappa shape index (κ2) is 5.83. The predicted octanol–water partition coefficient (Wildman–Crippen LogP) is 3.69. The van der Waals surface area contributed by atoms with Gasteiger partial charge in [-0.05, 0) is 56.2 Å². The number of ether oxygens (including phenoxy) is 1. The molecule has 24 heavy (non-hydrogen) atoms. The lowest BCUT2D eigenvalue weighted by molar-refractivity contribution is -0.143. The van der Waals surface area contributed by atoms with Crippen molar-refractivity contribution in [3.05, 3.63) is 52.5 Å². The minimum absolute atomic E-state index is 0.401. The fourth-order valence-electron chi connectivity index (χ4n) is 2.47. The van der Waals surface area contributed by atoms with Gasteiger partial charge in [-0.2, -0.15) is 0 Å².